The Kier molecular flexibility index (Phi) is 4.46. The number of halogens is 1. The van der Waals surface area contributed by atoms with Gasteiger partial charge in [0.2, 0.25) is 0 Å². The first kappa shape index (κ1) is 13.9. The quantitative estimate of drug-likeness (QED) is 0.917. The van der Waals surface area contributed by atoms with Crippen molar-refractivity contribution in [2.45, 2.75) is 13.0 Å². The Hall–Kier alpha value is -1.51. The molecule has 0 aliphatic heterocycles. The van der Waals surface area contributed by atoms with Gasteiger partial charge in [0.1, 0.15) is 0 Å². The van der Waals surface area contributed by atoms with Crippen LogP contribution >= 0.6 is 11.6 Å². The predicted octanol–water partition coefficient (Wildman–Crippen LogP) is 3.82. The van der Waals surface area contributed by atoms with Gasteiger partial charge in [-0.25, -0.2) is 0 Å². The molecule has 0 aromatic heterocycles. The Balaban J connectivity index is 2.06. The summed E-state index contributed by atoms with van der Waals surface area (Å²) >= 11 is 5.94. The van der Waals surface area contributed by atoms with Gasteiger partial charge in [-0.15, -0.1) is 0 Å². The number of benzene rings is 2. The summed E-state index contributed by atoms with van der Waals surface area (Å²) in [6.45, 7) is 2.59. The van der Waals surface area contributed by atoms with E-state index in [0.717, 1.165) is 11.3 Å². The van der Waals surface area contributed by atoms with Crippen LogP contribution in [0.25, 0.3) is 0 Å². The molecular formula is C16H18ClNO. The van der Waals surface area contributed by atoms with Crippen LogP contribution in [0.4, 0.5) is 5.69 Å². The SMILES string of the molecule is Cc1ccc(N(C)CC(O)c2cccc(Cl)c2)cc1. The monoisotopic (exact) mass is 275 g/mol. The molecule has 0 bridgehead atoms. The van der Waals surface area contributed by atoms with Crippen LogP contribution in [0.2, 0.25) is 5.02 Å². The minimum Gasteiger partial charge on any atom is -0.387 e. The molecule has 3 heteroatoms. The lowest BCUT2D eigenvalue weighted by molar-refractivity contribution is 0.185. The van der Waals surface area contributed by atoms with Crippen molar-refractivity contribution in [1.82, 2.24) is 0 Å². The number of aliphatic hydroxyl groups excluding tert-OH is 1. The van der Waals surface area contributed by atoms with Crippen LogP contribution in [0.1, 0.15) is 17.2 Å². The lowest BCUT2D eigenvalue weighted by Gasteiger charge is -2.23. The number of hydrogen-bond acceptors (Lipinski definition) is 2. The molecule has 2 aromatic rings. The molecule has 1 N–H and O–H groups in total. The number of anilines is 1. The van der Waals surface area contributed by atoms with Gasteiger partial charge < -0.3 is 10.0 Å². The third-order valence-corrected chi connectivity index (χ3v) is 3.39. The summed E-state index contributed by atoms with van der Waals surface area (Å²) in [5.74, 6) is 0. The highest BCUT2D eigenvalue weighted by molar-refractivity contribution is 6.30. The molecule has 0 heterocycles. The highest BCUT2D eigenvalue weighted by Crippen LogP contribution is 2.21. The van der Waals surface area contributed by atoms with Gasteiger partial charge >= 0.3 is 0 Å². The molecule has 0 aliphatic carbocycles. The molecular weight excluding hydrogens is 258 g/mol. The van der Waals surface area contributed by atoms with Crippen molar-refractivity contribution >= 4 is 17.3 Å². The van der Waals surface area contributed by atoms with E-state index in [2.05, 4.69) is 31.2 Å². The molecule has 0 saturated heterocycles. The van der Waals surface area contributed by atoms with Gasteiger partial charge in [-0.05, 0) is 36.8 Å². The van der Waals surface area contributed by atoms with E-state index in [-0.39, 0.29) is 0 Å². The van der Waals surface area contributed by atoms with E-state index < -0.39 is 6.10 Å². The number of likely N-dealkylation sites (N-methyl/N-ethyl adjacent to an activating group) is 1. The van der Waals surface area contributed by atoms with E-state index in [1.807, 2.05) is 30.1 Å². The van der Waals surface area contributed by atoms with E-state index in [0.29, 0.717) is 11.6 Å². The first-order valence-corrected chi connectivity index (χ1v) is 6.65. The molecule has 1 atom stereocenters. The van der Waals surface area contributed by atoms with Gasteiger partial charge in [-0.1, -0.05) is 41.4 Å². The van der Waals surface area contributed by atoms with Crippen LogP contribution in [-0.4, -0.2) is 18.7 Å². The van der Waals surface area contributed by atoms with Crippen molar-refractivity contribution in [3.8, 4) is 0 Å². The normalized spacial score (nSPS) is 12.2. The average Bonchev–Trinajstić information content (AvgIpc) is 2.39. The van der Waals surface area contributed by atoms with Crippen LogP contribution in [0.5, 0.6) is 0 Å². The van der Waals surface area contributed by atoms with Crippen molar-refractivity contribution in [2.24, 2.45) is 0 Å². The fraction of sp³-hybridized carbons (Fsp3) is 0.250. The second-order valence-corrected chi connectivity index (χ2v) is 5.22. The number of hydrogen-bond donors (Lipinski definition) is 1. The smallest absolute Gasteiger partial charge is 0.0965 e. The maximum Gasteiger partial charge on any atom is 0.0965 e. The van der Waals surface area contributed by atoms with Crippen molar-refractivity contribution in [3.63, 3.8) is 0 Å². The molecule has 0 saturated carbocycles. The second kappa shape index (κ2) is 6.09. The summed E-state index contributed by atoms with van der Waals surface area (Å²) in [5.41, 5.74) is 3.16. The van der Waals surface area contributed by atoms with Gasteiger partial charge in [0.25, 0.3) is 0 Å². The zero-order chi connectivity index (χ0) is 13.8. The molecule has 0 radical (unpaired) electrons. The first-order valence-electron chi connectivity index (χ1n) is 6.27. The number of aliphatic hydroxyl groups is 1. The van der Waals surface area contributed by atoms with E-state index in [4.69, 9.17) is 11.6 Å². The van der Waals surface area contributed by atoms with E-state index in [1.54, 1.807) is 6.07 Å². The minimum absolute atomic E-state index is 0.531. The van der Waals surface area contributed by atoms with Gasteiger partial charge in [-0.2, -0.15) is 0 Å². The second-order valence-electron chi connectivity index (χ2n) is 4.79. The maximum absolute atomic E-state index is 10.2. The third-order valence-electron chi connectivity index (χ3n) is 3.15. The molecule has 1 unspecified atom stereocenters. The number of aryl methyl sites for hydroxylation is 1. The predicted molar refractivity (Wildman–Crippen MR) is 80.9 cm³/mol. The summed E-state index contributed by atoms with van der Waals surface area (Å²) < 4.78 is 0. The highest BCUT2D eigenvalue weighted by Gasteiger charge is 2.11. The number of rotatable bonds is 4. The van der Waals surface area contributed by atoms with Gasteiger partial charge in [0.05, 0.1) is 6.10 Å². The number of nitrogens with zero attached hydrogens (tertiary/aromatic N) is 1. The largest absolute Gasteiger partial charge is 0.387 e. The Morgan fingerprint density at radius 1 is 1.16 bits per heavy atom. The standard InChI is InChI=1S/C16H18ClNO/c1-12-6-8-15(9-7-12)18(2)11-16(19)13-4-3-5-14(17)10-13/h3-10,16,19H,11H2,1-2H3. The van der Waals surface area contributed by atoms with Crippen molar-refractivity contribution in [1.29, 1.82) is 0 Å². The van der Waals surface area contributed by atoms with E-state index in [1.165, 1.54) is 5.56 Å². The molecule has 100 valence electrons. The highest BCUT2D eigenvalue weighted by atomic mass is 35.5. The van der Waals surface area contributed by atoms with Crippen molar-refractivity contribution < 1.29 is 5.11 Å². The zero-order valence-corrected chi connectivity index (χ0v) is 11.9. The lowest BCUT2D eigenvalue weighted by atomic mass is 10.1. The molecule has 2 aromatic carbocycles. The van der Waals surface area contributed by atoms with E-state index in [9.17, 15) is 5.11 Å². The van der Waals surface area contributed by atoms with Crippen molar-refractivity contribution in [3.05, 3.63) is 64.7 Å². The first-order chi connectivity index (χ1) is 9.06. The summed E-state index contributed by atoms with van der Waals surface area (Å²) in [6, 6.07) is 15.6. The van der Waals surface area contributed by atoms with Crippen LogP contribution in [-0.2, 0) is 0 Å². The summed E-state index contributed by atoms with van der Waals surface area (Å²) in [5, 5.41) is 10.9. The Morgan fingerprint density at radius 2 is 1.84 bits per heavy atom. The fourth-order valence-electron chi connectivity index (χ4n) is 1.98. The van der Waals surface area contributed by atoms with Crippen molar-refractivity contribution in [2.75, 3.05) is 18.5 Å². The topological polar surface area (TPSA) is 23.5 Å². The molecule has 0 aliphatic rings. The Labute approximate surface area is 119 Å². The lowest BCUT2D eigenvalue weighted by Crippen LogP contribution is -2.24. The summed E-state index contributed by atoms with van der Waals surface area (Å²) in [4.78, 5) is 2.03. The summed E-state index contributed by atoms with van der Waals surface area (Å²) in [6.07, 6.45) is -0.551. The summed E-state index contributed by atoms with van der Waals surface area (Å²) in [7, 11) is 1.97. The average molecular weight is 276 g/mol. The molecule has 2 rings (SSSR count). The molecule has 0 spiro atoms. The van der Waals surface area contributed by atoms with Gasteiger partial charge in [-0.3, -0.25) is 0 Å². The van der Waals surface area contributed by atoms with Crippen LogP contribution in [0, 0.1) is 6.92 Å². The van der Waals surface area contributed by atoms with Crippen LogP contribution < -0.4 is 4.90 Å². The fourth-order valence-corrected chi connectivity index (χ4v) is 2.18. The van der Waals surface area contributed by atoms with Crippen LogP contribution in [0.15, 0.2) is 48.5 Å². The third kappa shape index (κ3) is 3.72. The molecule has 0 fully saturated rings. The molecule has 0 amide bonds. The maximum atomic E-state index is 10.2. The van der Waals surface area contributed by atoms with Gasteiger partial charge in [0, 0.05) is 24.3 Å². The zero-order valence-electron chi connectivity index (χ0n) is 11.2. The van der Waals surface area contributed by atoms with E-state index >= 15 is 0 Å². The Bertz CT molecular complexity index is 539. The Morgan fingerprint density at radius 3 is 2.47 bits per heavy atom. The minimum atomic E-state index is -0.551. The van der Waals surface area contributed by atoms with Crippen LogP contribution in [0.3, 0.4) is 0 Å². The molecule has 2 nitrogen and oxygen atoms in total. The molecule has 19 heavy (non-hydrogen) atoms. The van der Waals surface area contributed by atoms with Gasteiger partial charge in [0.15, 0.2) is 0 Å².